The van der Waals surface area contributed by atoms with Gasteiger partial charge in [0.15, 0.2) is 11.6 Å². The van der Waals surface area contributed by atoms with Gasteiger partial charge < -0.3 is 14.0 Å². The lowest BCUT2D eigenvalue weighted by Crippen LogP contribution is -2.24. The summed E-state index contributed by atoms with van der Waals surface area (Å²) in [5, 5.41) is -0.300. The van der Waals surface area contributed by atoms with Crippen LogP contribution in [0.3, 0.4) is 0 Å². The molecule has 1 aromatic carbocycles. The molecule has 0 atom stereocenters. The van der Waals surface area contributed by atoms with Crippen molar-refractivity contribution in [3.05, 3.63) is 39.2 Å². The van der Waals surface area contributed by atoms with Gasteiger partial charge in [0.1, 0.15) is 5.56 Å². The van der Waals surface area contributed by atoms with Crippen molar-refractivity contribution >= 4 is 24.3 Å². The molecule has 1 aliphatic carbocycles. The molecule has 1 aromatic heterocycles. The lowest BCUT2D eigenvalue weighted by atomic mass is 10.0. The first kappa shape index (κ1) is 17.3. The van der Waals surface area contributed by atoms with E-state index in [0.29, 0.717) is 12.8 Å². The predicted molar refractivity (Wildman–Crippen MR) is 81.1 cm³/mol. The second-order valence-corrected chi connectivity index (χ2v) is 5.69. The number of hydrogen-bond acceptors (Lipinski definition) is 4. The van der Waals surface area contributed by atoms with Crippen molar-refractivity contribution in [2.75, 3.05) is 7.11 Å². The van der Waals surface area contributed by atoms with Crippen molar-refractivity contribution in [3.63, 3.8) is 0 Å². The van der Waals surface area contributed by atoms with Crippen LogP contribution >= 0.6 is 0 Å². The molecule has 2 aromatic rings. The van der Waals surface area contributed by atoms with Gasteiger partial charge in [-0.05, 0) is 19.8 Å². The smallest absolute Gasteiger partial charge is 0.491 e. The molecule has 0 spiro atoms. The molecular formula is C15H12BF4NO4. The van der Waals surface area contributed by atoms with Crippen LogP contribution in [0.25, 0.3) is 10.9 Å². The molecule has 1 heterocycles. The number of pyridine rings is 1. The van der Waals surface area contributed by atoms with Gasteiger partial charge in [-0.15, -0.1) is 0 Å². The monoisotopic (exact) mass is 357 g/mol. The van der Waals surface area contributed by atoms with Gasteiger partial charge in [-0.2, -0.15) is 4.39 Å². The molecule has 0 radical (unpaired) electrons. The summed E-state index contributed by atoms with van der Waals surface area (Å²) in [7, 11) is -2.29. The van der Waals surface area contributed by atoms with E-state index in [1.54, 1.807) is 0 Å². The lowest BCUT2D eigenvalue weighted by molar-refractivity contribution is 0.0693. The molecule has 0 aliphatic heterocycles. The van der Waals surface area contributed by atoms with Crippen LogP contribution in [0.4, 0.5) is 17.4 Å². The van der Waals surface area contributed by atoms with E-state index < -0.39 is 41.8 Å². The Morgan fingerprint density at radius 2 is 1.92 bits per heavy atom. The number of halogens is 4. The van der Waals surface area contributed by atoms with Crippen molar-refractivity contribution in [2.45, 2.75) is 25.8 Å². The van der Waals surface area contributed by atoms with Gasteiger partial charge >= 0.3 is 13.4 Å². The number of benzene rings is 1. The van der Waals surface area contributed by atoms with E-state index >= 15 is 0 Å². The number of rotatable bonds is 4. The minimum absolute atomic E-state index is 0.0139. The molecule has 3 rings (SSSR count). The molecule has 25 heavy (non-hydrogen) atoms. The fourth-order valence-electron chi connectivity index (χ4n) is 2.81. The maximum absolute atomic E-state index is 14.2. The van der Waals surface area contributed by atoms with Gasteiger partial charge in [0, 0.05) is 17.8 Å². The van der Waals surface area contributed by atoms with E-state index in [0.717, 1.165) is 13.3 Å². The standard InChI is InChI=1S/C15H12BF4NO4/c1-6-9-12(14(24-2)11(18)10(6)17)21(7-3-4-7)5-8(13(9)22)15(23)25-16(19)20/h5,7H,3-4H2,1-2H3. The van der Waals surface area contributed by atoms with Crippen molar-refractivity contribution in [1.82, 2.24) is 4.57 Å². The quantitative estimate of drug-likeness (QED) is 0.624. The molecule has 0 saturated heterocycles. The average molecular weight is 357 g/mol. The number of fused-ring (bicyclic) bond motifs is 1. The van der Waals surface area contributed by atoms with Crippen molar-refractivity contribution in [2.24, 2.45) is 0 Å². The molecular weight excluding hydrogens is 345 g/mol. The first-order chi connectivity index (χ1) is 11.8. The fourth-order valence-corrected chi connectivity index (χ4v) is 2.81. The summed E-state index contributed by atoms with van der Waals surface area (Å²) in [5.41, 5.74) is -2.04. The first-order valence-corrected chi connectivity index (χ1v) is 7.37. The number of methoxy groups -OCH3 is 1. The Labute approximate surface area is 139 Å². The minimum atomic E-state index is -3.41. The van der Waals surface area contributed by atoms with Crippen LogP contribution in [-0.2, 0) is 4.65 Å². The number of nitrogens with zero attached hydrogens (tertiary/aromatic N) is 1. The maximum Gasteiger partial charge on any atom is 0.798 e. The summed E-state index contributed by atoms with van der Waals surface area (Å²) in [4.78, 5) is 24.4. The molecule has 10 heteroatoms. The van der Waals surface area contributed by atoms with Crippen LogP contribution in [0.5, 0.6) is 5.75 Å². The van der Waals surface area contributed by atoms with E-state index in [-0.39, 0.29) is 22.5 Å². The van der Waals surface area contributed by atoms with E-state index in [1.807, 2.05) is 0 Å². The molecule has 0 bridgehead atoms. The van der Waals surface area contributed by atoms with E-state index in [1.165, 1.54) is 11.5 Å². The summed E-state index contributed by atoms with van der Waals surface area (Å²) in [6, 6.07) is -0.181. The van der Waals surface area contributed by atoms with Crippen LogP contribution in [0.1, 0.15) is 34.8 Å². The third-order valence-corrected chi connectivity index (χ3v) is 4.11. The second-order valence-electron chi connectivity index (χ2n) is 5.69. The number of ether oxygens (including phenoxy) is 1. The number of hydrogen-bond donors (Lipinski definition) is 0. The number of carbonyl (C=O) groups excluding carboxylic acids is 1. The summed E-state index contributed by atoms with van der Waals surface area (Å²) < 4.78 is 63.1. The Bertz CT molecular complexity index is 940. The minimum Gasteiger partial charge on any atom is -0.491 e. The van der Waals surface area contributed by atoms with Crippen molar-refractivity contribution in [1.29, 1.82) is 0 Å². The highest BCUT2D eigenvalue weighted by Crippen LogP contribution is 2.41. The van der Waals surface area contributed by atoms with Gasteiger partial charge in [0.25, 0.3) is 0 Å². The summed E-state index contributed by atoms with van der Waals surface area (Å²) in [6.07, 6.45) is 2.37. The number of aryl methyl sites for hydroxylation is 1. The number of carbonyl (C=O) groups is 1. The Hall–Kier alpha value is -2.52. The topological polar surface area (TPSA) is 57.5 Å². The zero-order chi connectivity index (χ0) is 18.5. The fraction of sp³-hybridized carbons (Fsp3) is 0.333. The highest BCUT2D eigenvalue weighted by molar-refractivity contribution is 6.38. The molecule has 1 aliphatic rings. The van der Waals surface area contributed by atoms with E-state index in [9.17, 15) is 27.0 Å². The molecule has 0 amide bonds. The third-order valence-electron chi connectivity index (χ3n) is 4.11. The predicted octanol–water partition coefficient (Wildman–Crippen LogP) is 3.01. The zero-order valence-corrected chi connectivity index (χ0v) is 13.2. The Morgan fingerprint density at radius 3 is 2.44 bits per heavy atom. The Morgan fingerprint density at radius 1 is 1.28 bits per heavy atom. The third kappa shape index (κ3) is 2.75. The Balaban J connectivity index is 2.43. The highest BCUT2D eigenvalue weighted by Gasteiger charge is 2.33. The van der Waals surface area contributed by atoms with Crippen LogP contribution in [0, 0.1) is 18.6 Å². The molecule has 132 valence electrons. The summed E-state index contributed by atoms with van der Waals surface area (Å²) in [6.45, 7) is 1.17. The van der Waals surface area contributed by atoms with Crippen molar-refractivity contribution in [3.8, 4) is 5.75 Å². The summed E-state index contributed by atoms with van der Waals surface area (Å²) >= 11 is 0. The highest BCUT2D eigenvalue weighted by atomic mass is 19.2. The van der Waals surface area contributed by atoms with Crippen LogP contribution in [0.15, 0.2) is 11.0 Å². The molecule has 0 unspecified atom stereocenters. The van der Waals surface area contributed by atoms with E-state index in [4.69, 9.17) is 4.74 Å². The molecule has 1 fully saturated rings. The molecule has 1 saturated carbocycles. The van der Waals surface area contributed by atoms with Gasteiger partial charge in [0.2, 0.25) is 11.2 Å². The van der Waals surface area contributed by atoms with Gasteiger partial charge in [-0.3, -0.25) is 4.79 Å². The van der Waals surface area contributed by atoms with Crippen LogP contribution in [0.2, 0.25) is 0 Å². The largest absolute Gasteiger partial charge is 0.798 e. The average Bonchev–Trinajstić information content (AvgIpc) is 3.37. The van der Waals surface area contributed by atoms with Gasteiger partial charge in [-0.25, -0.2) is 17.8 Å². The SMILES string of the molecule is COc1c(F)c(F)c(C)c2c(=O)c(C(=O)OB(F)F)cn(C3CC3)c12. The second kappa shape index (κ2) is 6.09. The van der Waals surface area contributed by atoms with Crippen LogP contribution in [-0.4, -0.2) is 25.1 Å². The van der Waals surface area contributed by atoms with E-state index in [2.05, 4.69) is 4.65 Å². The maximum atomic E-state index is 14.2. The normalized spacial score (nSPS) is 13.8. The van der Waals surface area contributed by atoms with Crippen LogP contribution < -0.4 is 10.2 Å². The molecule has 5 nitrogen and oxygen atoms in total. The number of aromatic nitrogens is 1. The Kier molecular flexibility index (Phi) is 4.22. The zero-order valence-electron chi connectivity index (χ0n) is 13.2. The van der Waals surface area contributed by atoms with Gasteiger partial charge in [0.05, 0.1) is 18.0 Å². The lowest BCUT2D eigenvalue weighted by Gasteiger charge is -2.17. The van der Waals surface area contributed by atoms with Gasteiger partial charge in [-0.1, -0.05) is 0 Å². The first-order valence-electron chi connectivity index (χ1n) is 7.37. The summed E-state index contributed by atoms with van der Waals surface area (Å²) in [5.74, 6) is -4.57. The van der Waals surface area contributed by atoms with Crippen molar-refractivity contribution < 1.29 is 31.6 Å². The molecule has 0 N–H and O–H groups in total.